The highest BCUT2D eigenvalue weighted by Crippen LogP contribution is 2.36. The fourth-order valence-corrected chi connectivity index (χ4v) is 4.62. The van der Waals surface area contributed by atoms with E-state index < -0.39 is 0 Å². The number of carbonyl (C=O) groups excluding carboxylic acids is 1. The minimum absolute atomic E-state index is 0.287. The number of pyridine rings is 1. The standard InChI is InChI=1S/C22H22N6OS/c1-11-8-6-7-9-16(11)25-26-19-14(4)27-28(15(19)5)22(29)20-18(23)17-12(2)10-13(3)24-21(17)30-20/h6-10H,23H2,1-5H3. The lowest BCUT2D eigenvalue weighted by Gasteiger charge is -2.03. The highest BCUT2D eigenvalue weighted by Gasteiger charge is 2.24. The van der Waals surface area contributed by atoms with Crippen LogP contribution in [-0.2, 0) is 0 Å². The first-order chi connectivity index (χ1) is 14.3. The molecular weight excluding hydrogens is 396 g/mol. The molecule has 2 N–H and O–H groups in total. The largest absolute Gasteiger partial charge is 0.397 e. The predicted molar refractivity (Wildman–Crippen MR) is 120 cm³/mol. The van der Waals surface area contributed by atoms with E-state index in [9.17, 15) is 4.79 Å². The van der Waals surface area contributed by atoms with Crippen molar-refractivity contribution in [2.45, 2.75) is 34.6 Å². The second kappa shape index (κ2) is 7.46. The van der Waals surface area contributed by atoms with Crippen LogP contribution < -0.4 is 5.73 Å². The van der Waals surface area contributed by atoms with E-state index in [1.807, 2.05) is 58.0 Å². The second-order valence-corrected chi connectivity index (χ2v) is 8.33. The maximum Gasteiger partial charge on any atom is 0.290 e. The highest BCUT2D eigenvalue weighted by molar-refractivity contribution is 7.21. The summed E-state index contributed by atoms with van der Waals surface area (Å²) < 4.78 is 1.35. The number of nitrogens with zero attached hydrogens (tertiary/aromatic N) is 5. The summed E-state index contributed by atoms with van der Waals surface area (Å²) in [6.45, 7) is 9.49. The van der Waals surface area contributed by atoms with Gasteiger partial charge in [0.1, 0.15) is 15.4 Å². The third-order valence-electron chi connectivity index (χ3n) is 5.04. The van der Waals surface area contributed by atoms with Crippen LogP contribution in [0.1, 0.15) is 37.9 Å². The molecule has 0 aliphatic carbocycles. The van der Waals surface area contributed by atoms with Crippen molar-refractivity contribution in [1.82, 2.24) is 14.8 Å². The maximum absolute atomic E-state index is 13.3. The van der Waals surface area contributed by atoms with E-state index in [2.05, 4.69) is 20.3 Å². The summed E-state index contributed by atoms with van der Waals surface area (Å²) in [5.41, 5.74) is 12.3. The van der Waals surface area contributed by atoms with E-state index in [-0.39, 0.29) is 5.91 Å². The fraction of sp³-hybridized carbons (Fsp3) is 0.227. The van der Waals surface area contributed by atoms with Crippen LogP contribution in [0.3, 0.4) is 0 Å². The van der Waals surface area contributed by atoms with Crippen LogP contribution >= 0.6 is 11.3 Å². The third-order valence-corrected chi connectivity index (χ3v) is 6.12. The monoisotopic (exact) mass is 418 g/mol. The molecular formula is C22H22N6OS. The number of nitrogens with two attached hydrogens (primary N) is 1. The van der Waals surface area contributed by atoms with Crippen molar-refractivity contribution < 1.29 is 4.79 Å². The molecule has 0 aliphatic heterocycles. The van der Waals surface area contributed by atoms with E-state index in [1.54, 1.807) is 6.92 Å². The second-order valence-electron chi connectivity index (χ2n) is 7.33. The lowest BCUT2D eigenvalue weighted by atomic mass is 10.1. The summed E-state index contributed by atoms with van der Waals surface area (Å²) in [6.07, 6.45) is 0. The summed E-state index contributed by atoms with van der Waals surface area (Å²) in [7, 11) is 0. The van der Waals surface area contributed by atoms with Crippen molar-refractivity contribution in [1.29, 1.82) is 0 Å². The van der Waals surface area contributed by atoms with Gasteiger partial charge in [0, 0.05) is 11.1 Å². The first kappa shape index (κ1) is 19.9. The molecule has 1 aromatic carbocycles. The van der Waals surface area contributed by atoms with Gasteiger partial charge in [-0.25, -0.2) is 4.98 Å². The Balaban J connectivity index is 1.76. The van der Waals surface area contributed by atoms with Gasteiger partial charge in [0.2, 0.25) is 0 Å². The normalized spacial score (nSPS) is 11.6. The molecule has 0 spiro atoms. The molecule has 0 saturated heterocycles. The topological polar surface area (TPSA) is 98.5 Å². The Kier molecular flexibility index (Phi) is 4.95. The molecule has 0 fully saturated rings. The summed E-state index contributed by atoms with van der Waals surface area (Å²) in [5, 5.41) is 14.0. The van der Waals surface area contributed by atoms with Crippen LogP contribution in [0.25, 0.3) is 10.2 Å². The molecule has 8 heteroatoms. The number of hydrogen-bond donors (Lipinski definition) is 1. The molecule has 3 heterocycles. The third kappa shape index (κ3) is 3.29. The van der Waals surface area contributed by atoms with Crippen LogP contribution in [-0.4, -0.2) is 20.7 Å². The number of benzene rings is 1. The molecule has 0 amide bonds. The Hall–Kier alpha value is -3.39. The van der Waals surface area contributed by atoms with Crippen LogP contribution in [0, 0.1) is 34.6 Å². The van der Waals surface area contributed by atoms with Gasteiger partial charge in [0.05, 0.1) is 22.8 Å². The van der Waals surface area contributed by atoms with E-state index in [0.29, 0.717) is 27.6 Å². The van der Waals surface area contributed by atoms with Crippen molar-refractivity contribution in [3.63, 3.8) is 0 Å². The molecule has 0 atom stereocenters. The van der Waals surface area contributed by atoms with Crippen LogP contribution in [0.4, 0.5) is 17.1 Å². The molecule has 30 heavy (non-hydrogen) atoms. The average Bonchev–Trinajstić information content (AvgIpc) is 3.17. The number of rotatable bonds is 3. The number of carbonyl (C=O) groups is 1. The molecule has 0 unspecified atom stereocenters. The van der Waals surface area contributed by atoms with Gasteiger partial charge in [-0.3, -0.25) is 4.79 Å². The highest BCUT2D eigenvalue weighted by atomic mass is 32.1. The molecule has 0 radical (unpaired) electrons. The number of anilines is 1. The number of thiophene rings is 1. The Morgan fingerprint density at radius 2 is 1.80 bits per heavy atom. The number of aryl methyl sites for hydroxylation is 4. The van der Waals surface area contributed by atoms with Gasteiger partial charge in [-0.2, -0.15) is 14.9 Å². The van der Waals surface area contributed by atoms with Gasteiger partial charge >= 0.3 is 0 Å². The zero-order valence-corrected chi connectivity index (χ0v) is 18.3. The molecule has 0 saturated carbocycles. The van der Waals surface area contributed by atoms with Crippen molar-refractivity contribution in [2.24, 2.45) is 10.2 Å². The van der Waals surface area contributed by atoms with E-state index in [1.165, 1.54) is 16.0 Å². The summed E-state index contributed by atoms with van der Waals surface area (Å²) >= 11 is 1.29. The minimum Gasteiger partial charge on any atom is -0.397 e. The zero-order chi connectivity index (χ0) is 21.6. The van der Waals surface area contributed by atoms with E-state index >= 15 is 0 Å². The lowest BCUT2D eigenvalue weighted by molar-refractivity contribution is 0.0947. The molecule has 0 bridgehead atoms. The van der Waals surface area contributed by atoms with Gasteiger partial charge in [-0.1, -0.05) is 18.2 Å². The summed E-state index contributed by atoms with van der Waals surface area (Å²) in [5.74, 6) is -0.287. The van der Waals surface area contributed by atoms with Crippen molar-refractivity contribution >= 4 is 44.5 Å². The number of aromatic nitrogens is 3. The number of fused-ring (bicyclic) bond motifs is 1. The molecule has 4 aromatic rings. The fourth-order valence-electron chi connectivity index (χ4n) is 3.48. The van der Waals surface area contributed by atoms with Gasteiger partial charge in [-0.15, -0.1) is 16.5 Å². The van der Waals surface area contributed by atoms with Gasteiger partial charge in [0.25, 0.3) is 5.91 Å². The quantitative estimate of drug-likeness (QED) is 0.430. The molecule has 7 nitrogen and oxygen atoms in total. The summed E-state index contributed by atoms with van der Waals surface area (Å²) in [6, 6.07) is 9.70. The first-order valence-electron chi connectivity index (χ1n) is 9.52. The van der Waals surface area contributed by atoms with E-state index in [0.717, 1.165) is 32.7 Å². The van der Waals surface area contributed by atoms with Gasteiger partial charge in [-0.05, 0) is 57.9 Å². The van der Waals surface area contributed by atoms with Crippen LogP contribution in [0.5, 0.6) is 0 Å². The zero-order valence-electron chi connectivity index (χ0n) is 17.5. The smallest absolute Gasteiger partial charge is 0.290 e. The maximum atomic E-state index is 13.3. The van der Waals surface area contributed by atoms with Crippen LogP contribution in [0.2, 0.25) is 0 Å². The SMILES string of the molecule is Cc1cc(C)c2c(N)c(C(=O)n3nc(C)c(N=Nc4ccccc4C)c3C)sc2n1. The summed E-state index contributed by atoms with van der Waals surface area (Å²) in [4.78, 5) is 19.0. The van der Waals surface area contributed by atoms with Crippen molar-refractivity contribution in [2.75, 3.05) is 5.73 Å². The number of nitrogen functional groups attached to an aromatic ring is 1. The Morgan fingerprint density at radius 1 is 1.07 bits per heavy atom. The van der Waals surface area contributed by atoms with E-state index in [4.69, 9.17) is 5.73 Å². The Labute approximate surface area is 178 Å². The van der Waals surface area contributed by atoms with Crippen molar-refractivity contribution in [3.05, 3.63) is 63.4 Å². The molecule has 4 rings (SSSR count). The Bertz CT molecular complexity index is 1330. The molecule has 3 aromatic heterocycles. The minimum atomic E-state index is -0.287. The average molecular weight is 419 g/mol. The number of hydrogen-bond acceptors (Lipinski definition) is 7. The first-order valence-corrected chi connectivity index (χ1v) is 10.3. The Morgan fingerprint density at radius 3 is 2.53 bits per heavy atom. The molecule has 152 valence electrons. The predicted octanol–water partition coefficient (Wildman–Crippen LogP) is 5.72. The lowest BCUT2D eigenvalue weighted by Crippen LogP contribution is -2.15. The van der Waals surface area contributed by atoms with Crippen LogP contribution in [0.15, 0.2) is 40.6 Å². The van der Waals surface area contributed by atoms with Crippen molar-refractivity contribution in [3.8, 4) is 0 Å². The van der Waals surface area contributed by atoms with Gasteiger partial charge in [0.15, 0.2) is 0 Å². The molecule has 0 aliphatic rings. The van der Waals surface area contributed by atoms with Gasteiger partial charge < -0.3 is 5.73 Å². The number of azo groups is 1.